The Hall–Kier alpha value is -9.20. The lowest BCUT2D eigenvalue weighted by atomic mass is 10.00. The predicted octanol–water partition coefficient (Wildman–Crippen LogP) is 13.2. The molecule has 2 aliphatic heterocycles. The van der Waals surface area contributed by atoms with Crippen LogP contribution in [0.2, 0.25) is 20.1 Å². The first-order chi connectivity index (χ1) is 44.3. The van der Waals surface area contributed by atoms with Gasteiger partial charge in [-0.2, -0.15) is 10.5 Å². The minimum Gasteiger partial charge on any atom is -0.397 e. The lowest BCUT2D eigenvalue weighted by Gasteiger charge is -2.45. The third-order valence-corrected chi connectivity index (χ3v) is 18.2. The van der Waals surface area contributed by atoms with Crippen molar-refractivity contribution in [2.75, 3.05) is 47.4 Å². The Morgan fingerprint density at radius 2 is 1.05 bits per heavy atom. The van der Waals surface area contributed by atoms with Gasteiger partial charge in [0, 0.05) is 73.4 Å². The highest BCUT2D eigenvalue weighted by Crippen LogP contribution is 2.46. The van der Waals surface area contributed by atoms with Crippen LogP contribution < -0.4 is 32.4 Å². The van der Waals surface area contributed by atoms with E-state index < -0.39 is 125 Å². The molecule has 4 N–H and O–H groups in total. The van der Waals surface area contributed by atoms with E-state index in [1.807, 2.05) is 13.8 Å². The molecule has 0 aliphatic carbocycles. The van der Waals surface area contributed by atoms with Crippen molar-refractivity contribution in [1.82, 2.24) is 38.9 Å². The average Bonchev–Trinajstić information content (AvgIpc) is 0.726. The maximum Gasteiger partial charge on any atom is 0.276 e. The summed E-state index contributed by atoms with van der Waals surface area (Å²) in [5.41, 5.74) is 7.07. The lowest BCUT2D eigenvalue weighted by Crippen LogP contribution is -2.58. The number of nitrogen functional groups attached to an aromatic ring is 2. The Labute approximate surface area is 554 Å². The molecule has 10 rings (SSSR count). The van der Waals surface area contributed by atoms with Gasteiger partial charge in [0.05, 0.1) is 83.8 Å². The molecule has 486 valence electrons. The SMILES string of the molecule is C=CC(=O)N1[C@H](C)CN(c2c(C#N)c(=O)n(-c3c(C)cc(/C=C\C(=O)N4[C@H](C)CN(c5c(C#N)c(=O)n(-c6c(C)ccnc6C(C)C)c6nc(-c7c(N)c(F)c(F)c(F)c7F)c(Cl)cc56)C[C@@H]4C)nc3C(C)C)c3nc(-c4c(N)c(Cl)c(F)c(Cl)c4F)c(Cl)cc23)C[C@@H]1C. The van der Waals surface area contributed by atoms with Crippen molar-refractivity contribution in [2.24, 2.45) is 0 Å². The molecule has 2 saturated heterocycles. The van der Waals surface area contributed by atoms with E-state index in [1.165, 1.54) is 36.6 Å². The second kappa shape index (κ2) is 25.6. The zero-order chi connectivity index (χ0) is 68.9. The number of carbonyl (C=O) groups is 2. The van der Waals surface area contributed by atoms with Crippen LogP contribution in [0.4, 0.5) is 49.1 Å². The van der Waals surface area contributed by atoms with Crippen LogP contribution in [-0.4, -0.2) is 101 Å². The van der Waals surface area contributed by atoms with Gasteiger partial charge in [-0.15, -0.1) is 0 Å². The number of nitrogens with two attached hydrogens (primary N) is 2. The van der Waals surface area contributed by atoms with Gasteiger partial charge < -0.3 is 31.1 Å². The summed E-state index contributed by atoms with van der Waals surface area (Å²) in [4.78, 5) is 83.7. The number of halogens is 10. The predicted molar refractivity (Wildman–Crippen MR) is 352 cm³/mol. The highest BCUT2D eigenvalue weighted by atomic mass is 35.5. The van der Waals surface area contributed by atoms with Crippen LogP contribution in [0.3, 0.4) is 0 Å². The van der Waals surface area contributed by atoms with Crippen molar-refractivity contribution in [3.63, 3.8) is 0 Å². The van der Waals surface area contributed by atoms with E-state index in [-0.39, 0.29) is 116 Å². The van der Waals surface area contributed by atoms with Gasteiger partial charge in [-0.1, -0.05) is 80.7 Å². The third kappa shape index (κ3) is 11.1. The Balaban J connectivity index is 1.07. The number of pyridine rings is 6. The number of benzene rings is 2. The molecule has 0 saturated carbocycles. The molecule has 28 heteroatoms. The topological polar surface area (TPSA) is 242 Å². The van der Waals surface area contributed by atoms with Gasteiger partial charge in [-0.25, -0.2) is 36.3 Å². The first-order valence-corrected chi connectivity index (χ1v) is 30.9. The van der Waals surface area contributed by atoms with E-state index in [2.05, 4.69) is 28.7 Å². The highest BCUT2D eigenvalue weighted by Gasteiger charge is 2.39. The summed E-state index contributed by atoms with van der Waals surface area (Å²) in [5, 5.41) is 19.7. The van der Waals surface area contributed by atoms with Crippen LogP contribution in [0.15, 0.2) is 58.8 Å². The first-order valence-electron chi connectivity index (χ1n) is 29.4. The number of fused-ring (bicyclic) bond motifs is 2. The summed E-state index contributed by atoms with van der Waals surface area (Å²) in [7, 11) is 0. The number of nitrogens with zero attached hydrogens (tertiary/aromatic N) is 12. The summed E-state index contributed by atoms with van der Waals surface area (Å²) in [5.74, 6) is -12.5. The van der Waals surface area contributed by atoms with Crippen molar-refractivity contribution < 1.29 is 35.9 Å². The molecule has 2 aliphatic rings. The Morgan fingerprint density at radius 1 is 0.606 bits per heavy atom. The van der Waals surface area contributed by atoms with E-state index in [4.69, 9.17) is 67.8 Å². The third-order valence-electron chi connectivity index (χ3n) is 16.9. The summed E-state index contributed by atoms with van der Waals surface area (Å²) < 4.78 is 93.9. The van der Waals surface area contributed by atoms with E-state index in [0.717, 1.165) is 9.13 Å². The summed E-state index contributed by atoms with van der Waals surface area (Å²) in [6.45, 7) is 21.5. The molecule has 8 aromatic rings. The number of hydrogen-bond acceptors (Lipinski definition) is 14. The van der Waals surface area contributed by atoms with E-state index in [9.17, 15) is 28.9 Å². The Morgan fingerprint density at radius 3 is 1.51 bits per heavy atom. The number of hydrogen-bond donors (Lipinski definition) is 2. The van der Waals surface area contributed by atoms with Crippen molar-refractivity contribution in [3.05, 3.63) is 164 Å². The highest BCUT2D eigenvalue weighted by molar-refractivity contribution is 6.38. The van der Waals surface area contributed by atoms with Crippen molar-refractivity contribution in [1.29, 1.82) is 10.5 Å². The van der Waals surface area contributed by atoms with E-state index >= 15 is 27.2 Å². The molecule has 0 bridgehead atoms. The second-order valence-electron chi connectivity index (χ2n) is 23.9. The molecule has 6 aromatic heterocycles. The van der Waals surface area contributed by atoms with Crippen LogP contribution in [0.1, 0.15) is 107 Å². The smallest absolute Gasteiger partial charge is 0.276 e. The zero-order valence-corrected chi connectivity index (χ0v) is 55.1. The number of anilines is 4. The quantitative estimate of drug-likeness (QED) is 0.0402. The molecular weight excluding hydrogens is 1310 g/mol. The largest absolute Gasteiger partial charge is 0.397 e. The van der Waals surface area contributed by atoms with Crippen molar-refractivity contribution in [2.45, 2.75) is 105 Å². The van der Waals surface area contributed by atoms with Crippen LogP contribution >= 0.6 is 46.4 Å². The van der Waals surface area contributed by atoms with Crippen LogP contribution in [0.25, 0.3) is 62.0 Å². The molecular formula is C66H58Cl4F6N14O4. The standard InChI is InChI=1S/C66H58Cl4F6N14O4/c1-12-41(91)87-30(8)22-85(23-31(87)9)62-36-18-39(67)57(43-47(71)45(69)49(73)46(70)53(43)79)83-64(36)90(66(94)38(62)21-78)60-29(7)17-34(82-56(60)27(4)5)13-14-42(92)88-32(10)24-86(25-33(88)11)61-35-19-40(68)58(44-48(72)50(74)51(75)52(76)54(44)80)84-63(35)89(65(93)37(61)20-77)59-28(6)15-16-81-55(59)26(2)3/h12-19,26-27,30-33H,1,22-25,79-80H2,2-11H3/b14-13-/t30-,31+,32-,33+. The molecule has 8 heterocycles. The van der Waals surface area contributed by atoms with Gasteiger partial charge in [0.2, 0.25) is 11.8 Å². The fraction of sp³-hybridized carbons (Fsp3) is 0.303. The molecule has 0 radical (unpaired) electrons. The number of carbonyl (C=O) groups excluding carboxylic acids is 2. The second-order valence-corrected chi connectivity index (χ2v) is 25.5. The Bertz CT molecular complexity index is 4790. The summed E-state index contributed by atoms with van der Waals surface area (Å²) in [6.07, 6.45) is 5.48. The molecule has 94 heavy (non-hydrogen) atoms. The summed E-state index contributed by atoms with van der Waals surface area (Å²) >= 11 is 26.2. The number of amides is 2. The van der Waals surface area contributed by atoms with Gasteiger partial charge in [0.25, 0.3) is 11.1 Å². The monoisotopic (exact) mass is 1360 g/mol. The summed E-state index contributed by atoms with van der Waals surface area (Å²) in [6, 6.07) is 7.66. The van der Waals surface area contributed by atoms with Gasteiger partial charge in [0.1, 0.15) is 44.6 Å². The Kier molecular flexibility index (Phi) is 18.4. The normalized spacial score (nSPS) is 16.9. The van der Waals surface area contributed by atoms with Gasteiger partial charge in [-0.3, -0.25) is 38.3 Å². The van der Waals surface area contributed by atoms with Gasteiger partial charge in [-0.05, 0) is 101 Å². The molecule has 18 nitrogen and oxygen atoms in total. The van der Waals surface area contributed by atoms with Gasteiger partial charge >= 0.3 is 0 Å². The molecule has 0 spiro atoms. The molecule has 2 fully saturated rings. The molecule has 2 aromatic carbocycles. The van der Waals surface area contributed by atoms with E-state index in [0.29, 0.717) is 16.8 Å². The lowest BCUT2D eigenvalue weighted by molar-refractivity contribution is -0.131. The minimum atomic E-state index is -2.19. The zero-order valence-electron chi connectivity index (χ0n) is 52.1. The fourth-order valence-corrected chi connectivity index (χ4v) is 13.8. The van der Waals surface area contributed by atoms with Crippen molar-refractivity contribution in [3.8, 4) is 46.0 Å². The number of nitriles is 2. The molecule has 4 atom stereocenters. The minimum absolute atomic E-state index is 0.0158. The van der Waals surface area contributed by atoms with Crippen LogP contribution in [0, 0.1) is 71.4 Å². The number of piperazine rings is 2. The number of aryl methyl sites for hydroxylation is 2. The number of rotatable bonds is 11. The fourth-order valence-electron chi connectivity index (χ4n) is 12.9. The van der Waals surface area contributed by atoms with Crippen LogP contribution in [-0.2, 0) is 9.59 Å². The van der Waals surface area contributed by atoms with E-state index in [1.54, 1.807) is 87.1 Å². The molecule has 0 unspecified atom stereocenters. The van der Waals surface area contributed by atoms with Crippen LogP contribution in [0.5, 0.6) is 0 Å². The van der Waals surface area contributed by atoms with Gasteiger partial charge in [0.15, 0.2) is 34.9 Å². The number of aromatic nitrogens is 6. The van der Waals surface area contributed by atoms with Crippen molar-refractivity contribution >= 4 is 109 Å². The molecule has 2 amide bonds. The first kappa shape index (κ1) is 67.7. The maximum absolute atomic E-state index is 16.3. The average molecular weight is 1370 g/mol. The maximum atomic E-state index is 16.3.